The summed E-state index contributed by atoms with van der Waals surface area (Å²) in [4.78, 5) is 16.7. The maximum absolute atomic E-state index is 12.0. The van der Waals surface area contributed by atoms with E-state index < -0.39 is 0 Å². The molecule has 4 nitrogen and oxygen atoms in total. The highest BCUT2D eigenvalue weighted by Crippen LogP contribution is 2.28. The number of hydrogen-bond donors (Lipinski definition) is 1. The molecule has 1 N–H and O–H groups in total. The van der Waals surface area contributed by atoms with Crippen LogP contribution in [0.5, 0.6) is 0 Å². The van der Waals surface area contributed by atoms with E-state index in [0.29, 0.717) is 16.5 Å². The minimum atomic E-state index is -0.218. The Kier molecular flexibility index (Phi) is 5.30. The Balaban J connectivity index is 2.16. The van der Waals surface area contributed by atoms with Gasteiger partial charge in [0.2, 0.25) is 0 Å². The van der Waals surface area contributed by atoms with E-state index in [1.807, 2.05) is 0 Å². The van der Waals surface area contributed by atoms with Crippen molar-refractivity contribution in [2.24, 2.45) is 0 Å². The molecule has 3 rings (SSSR count). The second-order valence-electron chi connectivity index (χ2n) is 5.72. The summed E-state index contributed by atoms with van der Waals surface area (Å²) in [7, 11) is 1.58. The molecule has 0 aliphatic rings. The summed E-state index contributed by atoms with van der Waals surface area (Å²) in [6.07, 6.45) is 1.61. The summed E-state index contributed by atoms with van der Waals surface area (Å²) in [5, 5.41) is 3.01. The van der Waals surface area contributed by atoms with E-state index in [1.54, 1.807) is 19.2 Å². The zero-order valence-electron chi connectivity index (χ0n) is 14.1. The first-order chi connectivity index (χ1) is 12.1. The van der Waals surface area contributed by atoms with Gasteiger partial charge in [0.25, 0.3) is 5.91 Å². The van der Waals surface area contributed by atoms with Crippen LogP contribution in [-0.2, 0) is 12.8 Å². The Morgan fingerprint density at radius 1 is 1.24 bits per heavy atom. The van der Waals surface area contributed by atoms with Gasteiger partial charge in [0, 0.05) is 25.0 Å². The van der Waals surface area contributed by atoms with Crippen LogP contribution in [0.2, 0.25) is 5.02 Å². The van der Waals surface area contributed by atoms with Crippen molar-refractivity contribution < 1.29 is 4.79 Å². The second-order valence-corrected chi connectivity index (χ2v) is 6.51. The molecule has 3 aromatic rings. The van der Waals surface area contributed by atoms with Crippen LogP contribution < -0.4 is 5.32 Å². The number of amides is 1. The first-order valence-electron chi connectivity index (χ1n) is 8.17. The van der Waals surface area contributed by atoms with Crippen molar-refractivity contribution in [1.82, 2.24) is 14.9 Å². The lowest BCUT2D eigenvalue weighted by molar-refractivity contribution is 0.0963. The summed E-state index contributed by atoms with van der Waals surface area (Å²) in [5.41, 5.74) is 4.29. The molecule has 0 spiro atoms. The van der Waals surface area contributed by atoms with Crippen LogP contribution in [0.4, 0.5) is 0 Å². The molecule has 0 unspecified atom stereocenters. The molecule has 0 fully saturated rings. The molecular formula is C19H19Cl2N3O. The first-order valence-corrected chi connectivity index (χ1v) is 9.08. The zero-order chi connectivity index (χ0) is 18.0. The topological polar surface area (TPSA) is 46.9 Å². The van der Waals surface area contributed by atoms with E-state index in [1.165, 1.54) is 5.56 Å². The molecule has 0 aliphatic carbocycles. The average molecular weight is 376 g/mol. The molecule has 25 heavy (non-hydrogen) atoms. The van der Waals surface area contributed by atoms with Gasteiger partial charge in [-0.25, -0.2) is 4.98 Å². The van der Waals surface area contributed by atoms with Crippen molar-refractivity contribution in [3.8, 4) is 5.69 Å². The lowest BCUT2D eigenvalue weighted by atomic mass is 10.1. The maximum atomic E-state index is 12.0. The Bertz CT molecular complexity index is 917. The summed E-state index contributed by atoms with van der Waals surface area (Å²) in [5.74, 6) is 1.31. The maximum Gasteiger partial charge on any atom is 0.252 e. The second kappa shape index (κ2) is 7.46. The number of aromatic nitrogens is 2. The van der Waals surface area contributed by atoms with Crippen LogP contribution in [0, 0.1) is 0 Å². The fourth-order valence-electron chi connectivity index (χ4n) is 2.90. The first kappa shape index (κ1) is 17.8. The number of aryl methyl sites for hydroxylation is 2. The molecule has 0 saturated carbocycles. The largest absolute Gasteiger partial charge is 0.355 e. The predicted molar refractivity (Wildman–Crippen MR) is 103 cm³/mol. The van der Waals surface area contributed by atoms with Gasteiger partial charge in [-0.15, -0.1) is 11.6 Å². The van der Waals surface area contributed by atoms with Crippen LogP contribution in [0.15, 0.2) is 36.4 Å². The predicted octanol–water partition coefficient (Wildman–Crippen LogP) is 4.38. The molecule has 6 heteroatoms. The van der Waals surface area contributed by atoms with E-state index in [9.17, 15) is 4.79 Å². The van der Waals surface area contributed by atoms with E-state index in [-0.39, 0.29) is 5.91 Å². The SMILES string of the molecule is CCc1nc2cc(C(=O)NC)c(Cl)cc2n1-c1ccc(CCCl)cc1. The Morgan fingerprint density at radius 2 is 1.96 bits per heavy atom. The molecule has 0 aliphatic heterocycles. The number of imidazole rings is 1. The smallest absolute Gasteiger partial charge is 0.252 e. The van der Waals surface area contributed by atoms with Gasteiger partial charge in [-0.2, -0.15) is 0 Å². The van der Waals surface area contributed by atoms with Gasteiger partial charge in [-0.1, -0.05) is 30.7 Å². The molecule has 2 aromatic carbocycles. The quantitative estimate of drug-likeness (QED) is 0.672. The van der Waals surface area contributed by atoms with Crippen LogP contribution in [0.1, 0.15) is 28.7 Å². The van der Waals surface area contributed by atoms with Crippen LogP contribution >= 0.6 is 23.2 Å². The minimum Gasteiger partial charge on any atom is -0.355 e. The van der Waals surface area contributed by atoms with Crippen molar-refractivity contribution in [1.29, 1.82) is 0 Å². The number of fused-ring (bicyclic) bond motifs is 1. The molecule has 1 amide bonds. The number of carbonyl (C=O) groups is 1. The summed E-state index contributed by atoms with van der Waals surface area (Å²) < 4.78 is 2.08. The van der Waals surface area contributed by atoms with Crippen LogP contribution in [0.25, 0.3) is 16.7 Å². The average Bonchev–Trinajstić information content (AvgIpc) is 2.98. The summed E-state index contributed by atoms with van der Waals surface area (Å²) in [6.45, 7) is 2.06. The third-order valence-electron chi connectivity index (χ3n) is 4.18. The fraction of sp³-hybridized carbons (Fsp3) is 0.263. The van der Waals surface area contributed by atoms with Crippen molar-refractivity contribution in [3.63, 3.8) is 0 Å². The van der Waals surface area contributed by atoms with E-state index in [0.717, 1.165) is 35.4 Å². The Labute approximate surface area is 156 Å². The lowest BCUT2D eigenvalue weighted by Crippen LogP contribution is -2.18. The Morgan fingerprint density at radius 3 is 2.56 bits per heavy atom. The number of nitrogens with zero attached hydrogens (tertiary/aromatic N) is 2. The third-order valence-corrected chi connectivity index (χ3v) is 4.68. The van der Waals surface area contributed by atoms with Gasteiger partial charge in [0.15, 0.2) is 0 Å². The lowest BCUT2D eigenvalue weighted by Gasteiger charge is -2.10. The highest BCUT2D eigenvalue weighted by atomic mass is 35.5. The van der Waals surface area contributed by atoms with Gasteiger partial charge < -0.3 is 5.32 Å². The van der Waals surface area contributed by atoms with E-state index in [4.69, 9.17) is 23.2 Å². The molecule has 1 heterocycles. The van der Waals surface area contributed by atoms with Crippen molar-refractivity contribution in [2.45, 2.75) is 19.8 Å². The number of benzene rings is 2. The van der Waals surface area contributed by atoms with Crippen molar-refractivity contribution >= 4 is 40.1 Å². The van der Waals surface area contributed by atoms with Gasteiger partial charge in [-0.05, 0) is 36.2 Å². The van der Waals surface area contributed by atoms with Gasteiger partial charge in [0.05, 0.1) is 21.6 Å². The number of alkyl halides is 1. The van der Waals surface area contributed by atoms with Gasteiger partial charge in [-0.3, -0.25) is 9.36 Å². The van der Waals surface area contributed by atoms with Crippen molar-refractivity contribution in [2.75, 3.05) is 12.9 Å². The highest BCUT2D eigenvalue weighted by molar-refractivity contribution is 6.34. The minimum absolute atomic E-state index is 0.218. The molecular weight excluding hydrogens is 357 g/mol. The third kappa shape index (κ3) is 3.37. The molecule has 130 valence electrons. The molecule has 0 radical (unpaired) electrons. The molecule has 0 bridgehead atoms. The standard InChI is InChI=1S/C19H19Cl2N3O/c1-3-18-23-16-10-14(19(25)22-2)15(21)11-17(16)24(18)13-6-4-12(5-7-13)8-9-20/h4-7,10-11H,3,8-9H2,1-2H3,(H,22,25). The molecule has 1 aromatic heterocycles. The van der Waals surface area contributed by atoms with E-state index >= 15 is 0 Å². The molecule has 0 atom stereocenters. The normalized spacial score (nSPS) is 11.0. The highest BCUT2D eigenvalue weighted by Gasteiger charge is 2.16. The zero-order valence-corrected chi connectivity index (χ0v) is 15.7. The van der Waals surface area contributed by atoms with Crippen LogP contribution in [-0.4, -0.2) is 28.4 Å². The number of hydrogen-bond acceptors (Lipinski definition) is 2. The fourth-order valence-corrected chi connectivity index (χ4v) is 3.36. The molecule has 0 saturated heterocycles. The number of rotatable bonds is 5. The summed E-state index contributed by atoms with van der Waals surface area (Å²) >= 11 is 12.1. The number of nitrogens with one attached hydrogen (secondary N) is 1. The van der Waals surface area contributed by atoms with E-state index in [2.05, 4.69) is 46.1 Å². The Hall–Kier alpha value is -2.04. The van der Waals surface area contributed by atoms with Gasteiger partial charge in [0.1, 0.15) is 5.82 Å². The number of carbonyl (C=O) groups excluding carboxylic acids is 1. The number of halogens is 2. The van der Waals surface area contributed by atoms with Crippen molar-refractivity contribution in [3.05, 3.63) is 58.4 Å². The van der Waals surface area contributed by atoms with Gasteiger partial charge >= 0.3 is 0 Å². The summed E-state index contributed by atoms with van der Waals surface area (Å²) in [6, 6.07) is 11.8. The van der Waals surface area contributed by atoms with Crippen LogP contribution in [0.3, 0.4) is 0 Å². The monoisotopic (exact) mass is 375 g/mol.